The summed E-state index contributed by atoms with van der Waals surface area (Å²) in [7, 11) is 1.80. The Morgan fingerprint density at radius 2 is 1.59 bits per heavy atom. The van der Waals surface area contributed by atoms with Crippen molar-refractivity contribution in [2.75, 3.05) is 79.2 Å². The first-order chi connectivity index (χ1) is 14.2. The summed E-state index contributed by atoms with van der Waals surface area (Å²) in [5.41, 5.74) is 1.48. The van der Waals surface area contributed by atoms with Gasteiger partial charge in [-0.25, -0.2) is 0 Å². The summed E-state index contributed by atoms with van der Waals surface area (Å²) in [6, 6.07) is 12.5. The van der Waals surface area contributed by atoms with Crippen molar-refractivity contribution < 1.29 is 4.74 Å². The fraction of sp³-hybridized carbons (Fsp3) is 0.750. The zero-order chi connectivity index (χ0) is 20.5. The molecular formula is C24H42N4O. The van der Waals surface area contributed by atoms with Gasteiger partial charge in [-0.3, -0.25) is 9.80 Å². The van der Waals surface area contributed by atoms with Crippen molar-refractivity contribution in [3.8, 4) is 0 Å². The molecule has 2 fully saturated rings. The first kappa shape index (κ1) is 22.7. The Bertz CT molecular complexity index is 549. The lowest BCUT2D eigenvalue weighted by Gasteiger charge is -2.43. The fourth-order valence-electron chi connectivity index (χ4n) is 5.08. The molecule has 3 rings (SSSR count). The Morgan fingerprint density at radius 1 is 0.931 bits per heavy atom. The normalized spacial score (nSPS) is 21.7. The van der Waals surface area contributed by atoms with Crippen LogP contribution in [0.4, 0.5) is 0 Å². The number of methoxy groups -OCH3 is 1. The van der Waals surface area contributed by atoms with E-state index in [1.807, 2.05) is 0 Å². The maximum atomic E-state index is 5.26. The molecule has 2 aliphatic heterocycles. The van der Waals surface area contributed by atoms with E-state index in [-0.39, 0.29) is 0 Å². The molecule has 2 saturated heterocycles. The van der Waals surface area contributed by atoms with E-state index in [0.717, 1.165) is 51.9 Å². The molecule has 0 radical (unpaired) electrons. The molecule has 1 aromatic rings. The summed E-state index contributed by atoms with van der Waals surface area (Å²) in [6.07, 6.45) is 2.63. The number of nitrogens with zero attached hydrogens (tertiary/aromatic N) is 4. The van der Waals surface area contributed by atoms with E-state index in [2.05, 4.69) is 63.8 Å². The molecule has 2 aliphatic rings. The number of piperidine rings is 1. The number of hydrogen-bond donors (Lipinski definition) is 0. The standard InChI is InChI=1S/C24H42N4O/c1-4-27(5-2)23-11-13-26(14-12-23)21-24(22-9-7-6-8-10-22)28-17-15-25(16-18-28)19-20-29-3/h6-10,23-24H,4-5,11-21H2,1-3H3. The van der Waals surface area contributed by atoms with Crippen molar-refractivity contribution in [2.24, 2.45) is 0 Å². The van der Waals surface area contributed by atoms with E-state index in [1.165, 1.54) is 44.6 Å². The lowest BCUT2D eigenvalue weighted by molar-refractivity contribution is 0.0482. The van der Waals surface area contributed by atoms with Gasteiger partial charge in [0.1, 0.15) is 0 Å². The molecular weight excluding hydrogens is 360 g/mol. The fourth-order valence-corrected chi connectivity index (χ4v) is 5.08. The van der Waals surface area contributed by atoms with Gasteiger partial charge >= 0.3 is 0 Å². The number of hydrogen-bond acceptors (Lipinski definition) is 5. The SMILES string of the molecule is CCN(CC)C1CCN(CC(c2ccccc2)N2CCN(CCOC)CC2)CC1. The smallest absolute Gasteiger partial charge is 0.0589 e. The van der Waals surface area contributed by atoms with E-state index in [9.17, 15) is 0 Å². The van der Waals surface area contributed by atoms with E-state index >= 15 is 0 Å². The first-order valence-electron chi connectivity index (χ1n) is 11.7. The molecule has 1 aromatic carbocycles. The van der Waals surface area contributed by atoms with Crippen LogP contribution in [0, 0.1) is 0 Å². The molecule has 0 saturated carbocycles. The number of likely N-dealkylation sites (tertiary alicyclic amines) is 1. The number of ether oxygens (including phenoxy) is 1. The van der Waals surface area contributed by atoms with Crippen molar-refractivity contribution >= 4 is 0 Å². The highest BCUT2D eigenvalue weighted by atomic mass is 16.5. The Hall–Kier alpha value is -0.980. The van der Waals surface area contributed by atoms with Gasteiger partial charge < -0.3 is 14.5 Å². The second-order valence-electron chi connectivity index (χ2n) is 8.55. The van der Waals surface area contributed by atoms with Gasteiger partial charge in [0.05, 0.1) is 6.61 Å². The second kappa shape index (κ2) is 12.0. The van der Waals surface area contributed by atoms with Gasteiger partial charge in [0, 0.05) is 58.5 Å². The number of rotatable bonds is 10. The van der Waals surface area contributed by atoms with Crippen LogP contribution in [0.15, 0.2) is 30.3 Å². The van der Waals surface area contributed by atoms with Crippen LogP contribution in [0.3, 0.4) is 0 Å². The van der Waals surface area contributed by atoms with Gasteiger partial charge in [-0.2, -0.15) is 0 Å². The van der Waals surface area contributed by atoms with Crippen molar-refractivity contribution in [1.29, 1.82) is 0 Å². The molecule has 0 aromatic heterocycles. The minimum atomic E-state index is 0.505. The van der Waals surface area contributed by atoms with E-state index in [1.54, 1.807) is 7.11 Å². The summed E-state index contributed by atoms with van der Waals surface area (Å²) >= 11 is 0. The van der Waals surface area contributed by atoms with Gasteiger partial charge in [-0.15, -0.1) is 0 Å². The van der Waals surface area contributed by atoms with Gasteiger partial charge in [0.25, 0.3) is 0 Å². The van der Waals surface area contributed by atoms with Crippen LogP contribution >= 0.6 is 0 Å². The zero-order valence-corrected chi connectivity index (χ0v) is 18.9. The van der Waals surface area contributed by atoms with Crippen LogP contribution in [0.25, 0.3) is 0 Å². The maximum absolute atomic E-state index is 5.26. The Balaban J connectivity index is 1.58. The molecule has 0 bridgehead atoms. The largest absolute Gasteiger partial charge is 0.383 e. The quantitative estimate of drug-likeness (QED) is 0.599. The van der Waals surface area contributed by atoms with Crippen LogP contribution < -0.4 is 0 Å². The van der Waals surface area contributed by atoms with Crippen LogP contribution in [0.5, 0.6) is 0 Å². The third kappa shape index (κ3) is 6.50. The van der Waals surface area contributed by atoms with Crippen LogP contribution in [0.2, 0.25) is 0 Å². The third-order valence-corrected chi connectivity index (χ3v) is 6.96. The van der Waals surface area contributed by atoms with Crippen molar-refractivity contribution in [2.45, 2.75) is 38.8 Å². The molecule has 164 valence electrons. The molecule has 1 unspecified atom stereocenters. The Kier molecular flexibility index (Phi) is 9.40. The molecule has 5 heteroatoms. The molecule has 0 N–H and O–H groups in total. The predicted octanol–water partition coefficient (Wildman–Crippen LogP) is 2.80. The molecule has 1 atom stereocenters. The Morgan fingerprint density at radius 3 is 2.17 bits per heavy atom. The van der Waals surface area contributed by atoms with Crippen LogP contribution in [-0.2, 0) is 4.74 Å². The lowest BCUT2D eigenvalue weighted by atomic mass is 9.99. The summed E-state index contributed by atoms with van der Waals surface area (Å²) in [6.45, 7) is 17.1. The second-order valence-corrected chi connectivity index (χ2v) is 8.55. The zero-order valence-electron chi connectivity index (χ0n) is 18.9. The monoisotopic (exact) mass is 402 g/mol. The lowest BCUT2D eigenvalue weighted by Crippen LogP contribution is -2.51. The van der Waals surface area contributed by atoms with Crippen LogP contribution in [-0.4, -0.2) is 105 Å². The van der Waals surface area contributed by atoms with Crippen molar-refractivity contribution in [3.63, 3.8) is 0 Å². The molecule has 2 heterocycles. The molecule has 29 heavy (non-hydrogen) atoms. The molecule has 0 spiro atoms. The Labute approximate surface area is 178 Å². The highest BCUT2D eigenvalue weighted by molar-refractivity contribution is 5.20. The average molecular weight is 403 g/mol. The van der Waals surface area contributed by atoms with Gasteiger partial charge in [0.2, 0.25) is 0 Å². The molecule has 0 aliphatic carbocycles. The topological polar surface area (TPSA) is 22.2 Å². The molecule has 0 amide bonds. The van der Waals surface area contributed by atoms with Gasteiger partial charge in [-0.05, 0) is 44.6 Å². The van der Waals surface area contributed by atoms with Crippen molar-refractivity contribution in [1.82, 2.24) is 19.6 Å². The van der Waals surface area contributed by atoms with E-state index < -0.39 is 0 Å². The highest BCUT2D eigenvalue weighted by Crippen LogP contribution is 2.26. The average Bonchev–Trinajstić information content (AvgIpc) is 2.79. The van der Waals surface area contributed by atoms with Crippen LogP contribution in [0.1, 0.15) is 38.3 Å². The highest BCUT2D eigenvalue weighted by Gasteiger charge is 2.29. The maximum Gasteiger partial charge on any atom is 0.0589 e. The van der Waals surface area contributed by atoms with Crippen molar-refractivity contribution in [3.05, 3.63) is 35.9 Å². The first-order valence-corrected chi connectivity index (χ1v) is 11.7. The van der Waals surface area contributed by atoms with E-state index in [4.69, 9.17) is 4.74 Å². The summed E-state index contributed by atoms with van der Waals surface area (Å²) in [4.78, 5) is 10.6. The minimum absolute atomic E-state index is 0.505. The summed E-state index contributed by atoms with van der Waals surface area (Å²) < 4.78 is 5.26. The predicted molar refractivity (Wildman–Crippen MR) is 121 cm³/mol. The molecule has 5 nitrogen and oxygen atoms in total. The summed E-state index contributed by atoms with van der Waals surface area (Å²) in [5.74, 6) is 0. The van der Waals surface area contributed by atoms with E-state index in [0.29, 0.717) is 6.04 Å². The minimum Gasteiger partial charge on any atom is -0.383 e. The number of piperazine rings is 1. The number of benzene rings is 1. The third-order valence-electron chi connectivity index (χ3n) is 6.96. The van der Waals surface area contributed by atoms with Gasteiger partial charge in [-0.1, -0.05) is 44.2 Å². The summed E-state index contributed by atoms with van der Waals surface area (Å²) in [5, 5.41) is 0. The van der Waals surface area contributed by atoms with Gasteiger partial charge in [0.15, 0.2) is 0 Å².